The molecular weight excluding hydrogens is 817 g/mol. The van der Waals surface area contributed by atoms with Gasteiger partial charge in [-0.15, -0.1) is 0 Å². The van der Waals surface area contributed by atoms with Gasteiger partial charge >= 0.3 is 24.0 Å². The van der Waals surface area contributed by atoms with Crippen molar-refractivity contribution in [1.82, 2.24) is 30.6 Å². The Bertz CT molecular complexity index is 2510. The largest absolute Gasteiger partial charge is 0.469 e. The molecule has 2 amide bonds. The van der Waals surface area contributed by atoms with Crippen molar-refractivity contribution in [3.63, 3.8) is 0 Å². The highest BCUT2D eigenvalue weighted by molar-refractivity contribution is 6.03. The minimum Gasteiger partial charge on any atom is -0.469 e. The molecule has 2 aliphatic heterocycles. The summed E-state index contributed by atoms with van der Waals surface area (Å²) < 4.78 is 20.9. The number of carbonyl (C=O) groups is 5. The smallest absolute Gasteiger partial charge is 0.407 e. The first-order valence-electron chi connectivity index (χ1n) is 21.9. The Hall–Kier alpha value is -6.25. The van der Waals surface area contributed by atoms with Gasteiger partial charge in [0.05, 0.1) is 55.9 Å². The number of nitrogens with zero attached hydrogens (tertiary/aromatic N) is 2. The highest BCUT2D eigenvalue weighted by Crippen LogP contribution is 2.43. The summed E-state index contributed by atoms with van der Waals surface area (Å²) in [4.78, 5) is 82.8. The van der Waals surface area contributed by atoms with Crippen LogP contribution in [0.2, 0.25) is 0 Å². The molecule has 5 rings (SSSR count). The van der Waals surface area contributed by atoms with Crippen molar-refractivity contribution in [3.8, 4) is 0 Å². The molecule has 344 valence electrons. The van der Waals surface area contributed by atoms with Crippen molar-refractivity contribution in [1.29, 1.82) is 0 Å². The van der Waals surface area contributed by atoms with Crippen molar-refractivity contribution in [2.75, 3.05) is 27.9 Å². The molecule has 64 heavy (non-hydrogen) atoms. The molecular formula is C49H64N6O9. The molecule has 3 aromatic heterocycles. The molecule has 4 N–H and O–H groups in total. The van der Waals surface area contributed by atoms with Crippen LogP contribution in [-0.2, 0) is 46.2 Å². The Labute approximate surface area is 375 Å². The third-order valence-corrected chi connectivity index (χ3v) is 12.0. The van der Waals surface area contributed by atoms with E-state index >= 15 is 0 Å². The molecule has 0 aliphatic carbocycles. The zero-order valence-corrected chi connectivity index (χ0v) is 39.2. The zero-order valence-electron chi connectivity index (χ0n) is 39.2. The topological polar surface area (TPSA) is 204 Å². The summed E-state index contributed by atoms with van der Waals surface area (Å²) in [6, 6.07) is 5.10. The first kappa shape index (κ1) is 48.8. The van der Waals surface area contributed by atoms with Crippen molar-refractivity contribution in [2.45, 2.75) is 130 Å². The van der Waals surface area contributed by atoms with E-state index in [9.17, 15) is 24.0 Å². The Morgan fingerprint density at radius 2 is 1.59 bits per heavy atom. The average molecular weight is 881 g/mol. The second kappa shape index (κ2) is 21.0. The van der Waals surface area contributed by atoms with Crippen molar-refractivity contribution < 1.29 is 42.9 Å². The van der Waals surface area contributed by atoms with Gasteiger partial charge < -0.3 is 39.5 Å². The fraction of sp³-hybridized carbons (Fsp3) is 0.490. The van der Waals surface area contributed by atoms with Crippen LogP contribution in [0.3, 0.4) is 0 Å². The minimum atomic E-state index is -0.872. The Balaban J connectivity index is 1.57. The Kier molecular flexibility index (Phi) is 16.0. The molecule has 2 aliphatic rings. The van der Waals surface area contributed by atoms with Crippen LogP contribution in [0, 0.1) is 13.8 Å². The van der Waals surface area contributed by atoms with Gasteiger partial charge in [-0.05, 0) is 121 Å². The number of carbonyl (C=O) groups excluding carboxylic acids is 5. The van der Waals surface area contributed by atoms with E-state index < -0.39 is 35.6 Å². The molecule has 5 heterocycles. The van der Waals surface area contributed by atoms with Crippen LogP contribution < -0.4 is 10.6 Å². The Morgan fingerprint density at radius 3 is 2.23 bits per heavy atom. The number of fused-ring (bicyclic) bond motifs is 8. The number of aryl methyl sites for hydroxylation is 3. The lowest BCUT2D eigenvalue weighted by molar-refractivity contribution is -0.145. The van der Waals surface area contributed by atoms with E-state index in [2.05, 4.69) is 48.0 Å². The van der Waals surface area contributed by atoms with Gasteiger partial charge in [0.15, 0.2) is 0 Å². The number of rotatable bonds is 16. The first-order chi connectivity index (χ1) is 30.3. The normalized spacial score (nSPS) is 15.3. The second-order valence-electron chi connectivity index (χ2n) is 17.4. The molecule has 0 radical (unpaired) electrons. The number of aromatic amines is 2. The van der Waals surface area contributed by atoms with E-state index in [4.69, 9.17) is 28.9 Å². The van der Waals surface area contributed by atoms with Gasteiger partial charge in [0, 0.05) is 58.2 Å². The van der Waals surface area contributed by atoms with Crippen LogP contribution in [0.4, 0.5) is 4.79 Å². The van der Waals surface area contributed by atoms with Crippen molar-refractivity contribution in [2.24, 2.45) is 0 Å². The second-order valence-corrected chi connectivity index (χ2v) is 17.4. The predicted octanol–water partition coefficient (Wildman–Crippen LogP) is 8.52. The molecule has 8 bridgehead atoms. The summed E-state index contributed by atoms with van der Waals surface area (Å²) in [6.45, 7) is 19.9. The summed E-state index contributed by atoms with van der Waals surface area (Å²) in [5.74, 6) is -2.52. The van der Waals surface area contributed by atoms with Crippen LogP contribution in [0.25, 0.3) is 33.2 Å². The third-order valence-electron chi connectivity index (χ3n) is 12.0. The van der Waals surface area contributed by atoms with Gasteiger partial charge in [-0.2, -0.15) is 0 Å². The number of alkyl carbamates (subject to hydrolysis) is 1. The van der Waals surface area contributed by atoms with Gasteiger partial charge in [0.1, 0.15) is 11.6 Å². The van der Waals surface area contributed by atoms with Crippen LogP contribution >= 0.6 is 0 Å². The highest BCUT2D eigenvalue weighted by Gasteiger charge is 2.34. The van der Waals surface area contributed by atoms with Gasteiger partial charge in [0.25, 0.3) is 0 Å². The lowest BCUT2D eigenvalue weighted by Crippen LogP contribution is -2.41. The summed E-state index contributed by atoms with van der Waals surface area (Å²) in [5.41, 5.74) is 10.4. The zero-order chi connectivity index (χ0) is 47.0. The van der Waals surface area contributed by atoms with E-state index in [1.807, 2.05) is 38.1 Å². The standard InChI is InChI=1S/C49H64N6O9/c1-13-30-26(3)35-23-37-28(5)32(18-17-20-41(56)53-34(46(58)62-11)19-15-16-21-50-48(60)64-49(7,8)9)44(54-37)33(22-42(57)61-10)45-43(47(59)63-12)29(6)38(55-45)25-40-31(14-2)27(4)36(52-40)24-39(30)51-35/h13,23-25,28,32,34,52,55H,1,14-22H2,2-12H3,(H,50,60)(H,53,56)/t28-,32-,34-/m0/s1. The lowest BCUT2D eigenvalue weighted by Gasteiger charge is -2.20. The summed E-state index contributed by atoms with van der Waals surface area (Å²) in [5, 5.41) is 5.55. The summed E-state index contributed by atoms with van der Waals surface area (Å²) in [6.07, 6.45) is 4.19. The number of amides is 2. The van der Waals surface area contributed by atoms with Crippen molar-refractivity contribution >= 4 is 63.1 Å². The van der Waals surface area contributed by atoms with Crippen LogP contribution in [0.1, 0.15) is 147 Å². The highest BCUT2D eigenvalue weighted by atomic mass is 16.6. The molecule has 15 heteroatoms. The van der Waals surface area contributed by atoms with Gasteiger partial charge in [0.2, 0.25) is 5.91 Å². The number of hydrogen-bond acceptors (Lipinski definition) is 11. The van der Waals surface area contributed by atoms with Crippen LogP contribution in [-0.4, -0.2) is 89.4 Å². The molecule has 3 atom stereocenters. The quantitative estimate of drug-likeness (QED) is 0.0610. The molecule has 0 saturated carbocycles. The van der Waals surface area contributed by atoms with Gasteiger partial charge in [-0.1, -0.05) is 26.5 Å². The number of nitrogens with one attached hydrogen (secondary N) is 4. The maximum absolute atomic E-state index is 13.7. The number of methoxy groups -OCH3 is 3. The lowest BCUT2D eigenvalue weighted by atomic mass is 9.84. The van der Waals surface area contributed by atoms with E-state index in [1.54, 1.807) is 20.8 Å². The SMILES string of the molecule is C=CC1=C(C)c2cc3nc(c(CC(=O)OC)c4[nH]c(cc5[nH]c(cc1n2)c(C)c5CC)c(C)c4C(=O)OC)[C@@H](CCCC(=O)N[C@@H](CCCCNC(=O)OC(C)(C)C)C(=O)OC)[C@@H]3C. The van der Waals surface area contributed by atoms with Crippen molar-refractivity contribution in [3.05, 3.63) is 81.4 Å². The predicted molar refractivity (Wildman–Crippen MR) is 247 cm³/mol. The molecule has 0 fully saturated rings. The molecule has 0 unspecified atom stereocenters. The molecule has 0 spiro atoms. The number of hydrogen-bond donors (Lipinski definition) is 4. The minimum absolute atomic E-state index is 0.0895. The van der Waals surface area contributed by atoms with E-state index in [1.165, 1.54) is 21.3 Å². The van der Waals surface area contributed by atoms with E-state index in [0.29, 0.717) is 66.5 Å². The van der Waals surface area contributed by atoms with E-state index in [-0.39, 0.29) is 36.1 Å². The van der Waals surface area contributed by atoms with Crippen LogP contribution in [0.5, 0.6) is 0 Å². The molecule has 15 nitrogen and oxygen atoms in total. The first-order valence-corrected chi connectivity index (χ1v) is 21.9. The number of esters is 3. The molecule has 0 aromatic carbocycles. The fourth-order valence-electron chi connectivity index (χ4n) is 8.53. The molecule has 3 aromatic rings. The average Bonchev–Trinajstić information content (AvgIpc) is 3.93. The monoisotopic (exact) mass is 880 g/mol. The number of unbranched alkanes of at least 4 members (excludes halogenated alkanes) is 1. The maximum Gasteiger partial charge on any atom is 0.407 e. The van der Waals surface area contributed by atoms with Gasteiger partial charge in [-0.25, -0.2) is 19.4 Å². The molecule has 0 saturated heterocycles. The fourth-order valence-corrected chi connectivity index (χ4v) is 8.53. The number of ether oxygens (including phenoxy) is 4. The number of H-pyrrole nitrogens is 2. The van der Waals surface area contributed by atoms with Crippen LogP contribution in [0.15, 0.2) is 30.9 Å². The Morgan fingerprint density at radius 1 is 0.875 bits per heavy atom. The number of allylic oxidation sites excluding steroid dienone is 3. The van der Waals surface area contributed by atoms with Gasteiger partial charge in [-0.3, -0.25) is 14.6 Å². The third kappa shape index (κ3) is 11.1. The van der Waals surface area contributed by atoms with E-state index in [0.717, 1.165) is 56.8 Å². The number of aromatic nitrogens is 4. The summed E-state index contributed by atoms with van der Waals surface area (Å²) >= 11 is 0. The summed E-state index contributed by atoms with van der Waals surface area (Å²) in [7, 11) is 3.91. The maximum atomic E-state index is 13.7.